The van der Waals surface area contributed by atoms with Gasteiger partial charge in [0.05, 0.1) is 12.1 Å². The Bertz CT molecular complexity index is 1430. The van der Waals surface area contributed by atoms with Crippen LogP contribution in [0.15, 0.2) is 30.7 Å². The van der Waals surface area contributed by atoms with Crippen LogP contribution in [0.2, 0.25) is 0 Å². The Kier molecular flexibility index (Phi) is 4.25. The van der Waals surface area contributed by atoms with Crippen molar-refractivity contribution in [2.24, 2.45) is 17.8 Å². The highest BCUT2D eigenvalue weighted by atomic mass is 19.1. The van der Waals surface area contributed by atoms with Crippen molar-refractivity contribution in [3.63, 3.8) is 0 Å². The summed E-state index contributed by atoms with van der Waals surface area (Å²) in [5.74, 6) is 0.547. The van der Waals surface area contributed by atoms with Crippen LogP contribution in [0.1, 0.15) is 50.0 Å². The molecule has 3 N–H and O–H groups in total. The zero-order valence-corrected chi connectivity index (χ0v) is 18.5. The smallest absolute Gasteiger partial charge is 0.308 e. The summed E-state index contributed by atoms with van der Waals surface area (Å²) in [5.41, 5.74) is 3.35. The summed E-state index contributed by atoms with van der Waals surface area (Å²) >= 11 is 0. The molecule has 4 fully saturated rings. The van der Waals surface area contributed by atoms with E-state index >= 15 is 0 Å². The summed E-state index contributed by atoms with van der Waals surface area (Å²) in [5, 5.41) is 19.0. The van der Waals surface area contributed by atoms with Gasteiger partial charge in [0.1, 0.15) is 17.0 Å². The van der Waals surface area contributed by atoms with E-state index in [0.29, 0.717) is 40.1 Å². The van der Waals surface area contributed by atoms with Gasteiger partial charge < -0.3 is 15.4 Å². The van der Waals surface area contributed by atoms with Crippen LogP contribution in [0.25, 0.3) is 27.9 Å². The first-order chi connectivity index (χ1) is 16.6. The van der Waals surface area contributed by atoms with Crippen molar-refractivity contribution in [2.45, 2.75) is 50.5 Å². The van der Waals surface area contributed by atoms with E-state index in [1.165, 1.54) is 17.8 Å². The fourth-order valence-electron chi connectivity index (χ4n) is 6.32. The maximum Gasteiger partial charge on any atom is 0.308 e. The minimum absolute atomic E-state index is 0.166. The molecule has 0 unspecified atom stereocenters. The molecule has 4 aromatic heterocycles. The van der Waals surface area contributed by atoms with Crippen molar-refractivity contribution in [2.75, 3.05) is 5.32 Å². The first kappa shape index (κ1) is 19.9. The zero-order chi connectivity index (χ0) is 23.0. The normalized spacial score (nSPS) is 26.4. The van der Waals surface area contributed by atoms with Crippen LogP contribution in [0.4, 0.5) is 10.2 Å². The Hall–Kier alpha value is -3.49. The summed E-state index contributed by atoms with van der Waals surface area (Å²) in [6.07, 6.45) is 11.2. The van der Waals surface area contributed by atoms with Crippen LogP contribution in [0.5, 0.6) is 0 Å². The number of halogens is 1. The lowest BCUT2D eigenvalue weighted by Gasteiger charge is -2.47. The number of carbonyl (C=O) groups is 1. The molecule has 4 aliphatic rings. The number of H-pyrrole nitrogens is 1. The first-order valence-electron chi connectivity index (χ1n) is 12.1. The minimum atomic E-state index is -0.729. The highest BCUT2D eigenvalue weighted by Gasteiger charge is 2.47. The second-order valence-electron chi connectivity index (χ2n) is 10.1. The van der Waals surface area contributed by atoms with Crippen LogP contribution in [-0.2, 0) is 4.79 Å². The van der Waals surface area contributed by atoms with Gasteiger partial charge in [0, 0.05) is 29.4 Å². The number of aliphatic carboxylic acids is 1. The number of hydrogen-bond acceptors (Lipinski definition) is 5. The number of nitrogens with one attached hydrogen (secondary N) is 2. The molecule has 4 heterocycles. The molecular weight excluding hydrogens is 435 g/mol. The van der Waals surface area contributed by atoms with Gasteiger partial charge in [-0.2, -0.15) is 0 Å². The predicted molar refractivity (Wildman–Crippen MR) is 124 cm³/mol. The fourth-order valence-corrected chi connectivity index (χ4v) is 6.32. The number of rotatable bonds is 5. The van der Waals surface area contributed by atoms with Gasteiger partial charge in [0.2, 0.25) is 0 Å². The Morgan fingerprint density at radius 3 is 2.74 bits per heavy atom. The molecule has 2 atom stereocenters. The van der Waals surface area contributed by atoms with E-state index in [1.54, 1.807) is 6.20 Å². The van der Waals surface area contributed by atoms with Crippen LogP contribution in [0.3, 0.4) is 0 Å². The lowest BCUT2D eigenvalue weighted by atomic mass is 9.61. The standard InChI is InChI=1S/C25H25FN6O2/c26-15-9-17-18(11-28-22(17)27-10-15)23-30-24(21-16(12-1-2-12)7-8-32(21)31-23)29-20-14-5-3-13(4-6-14)19(20)25(33)34/h7-14,19-20H,1-6H2,(H,27,28)(H,33,34)(H,29,30,31)/t13?,14?,19-,20-/m1/s1. The van der Waals surface area contributed by atoms with Crippen LogP contribution in [0, 0.1) is 23.6 Å². The Labute approximate surface area is 194 Å². The topological polar surface area (TPSA) is 108 Å². The molecule has 4 saturated carbocycles. The lowest BCUT2D eigenvalue weighted by molar-refractivity contribution is -0.148. The third-order valence-electron chi connectivity index (χ3n) is 8.11. The van der Waals surface area contributed by atoms with Crippen molar-refractivity contribution in [1.29, 1.82) is 0 Å². The number of carboxylic acids is 1. The quantitative estimate of drug-likeness (QED) is 0.402. The summed E-state index contributed by atoms with van der Waals surface area (Å²) in [7, 11) is 0. The van der Waals surface area contributed by atoms with Crippen molar-refractivity contribution in [3.05, 3.63) is 42.1 Å². The average Bonchev–Trinajstić information content (AvgIpc) is 3.45. The van der Waals surface area contributed by atoms with Gasteiger partial charge in [-0.05, 0) is 74.0 Å². The zero-order valence-electron chi connectivity index (χ0n) is 18.5. The summed E-state index contributed by atoms with van der Waals surface area (Å²) in [6.45, 7) is 0. The minimum Gasteiger partial charge on any atom is -0.481 e. The first-order valence-corrected chi connectivity index (χ1v) is 12.1. The van der Waals surface area contributed by atoms with E-state index in [-0.39, 0.29) is 12.0 Å². The number of carboxylic acid groups (broad SMARTS) is 1. The molecule has 0 saturated heterocycles. The van der Waals surface area contributed by atoms with Crippen molar-refractivity contribution < 1.29 is 14.3 Å². The molecule has 8 nitrogen and oxygen atoms in total. The molecule has 34 heavy (non-hydrogen) atoms. The summed E-state index contributed by atoms with van der Waals surface area (Å²) in [4.78, 5) is 24.4. The third-order valence-corrected chi connectivity index (χ3v) is 8.11. The molecule has 0 aromatic carbocycles. The predicted octanol–water partition coefficient (Wildman–Crippen LogP) is 4.59. The number of pyridine rings is 1. The molecule has 9 heteroatoms. The van der Waals surface area contributed by atoms with Gasteiger partial charge in [0.15, 0.2) is 11.6 Å². The molecule has 0 radical (unpaired) electrons. The molecule has 4 aromatic rings. The molecule has 2 bridgehead atoms. The fraction of sp³-hybridized carbons (Fsp3) is 0.440. The second-order valence-corrected chi connectivity index (χ2v) is 10.1. The number of hydrogen-bond donors (Lipinski definition) is 3. The third kappa shape index (κ3) is 3.02. The Morgan fingerprint density at radius 2 is 1.97 bits per heavy atom. The number of aromatic nitrogens is 5. The molecule has 0 spiro atoms. The van der Waals surface area contributed by atoms with E-state index in [2.05, 4.69) is 21.4 Å². The van der Waals surface area contributed by atoms with Crippen LogP contribution >= 0.6 is 0 Å². The number of nitrogens with zero attached hydrogens (tertiary/aromatic N) is 4. The van der Waals surface area contributed by atoms with Gasteiger partial charge >= 0.3 is 5.97 Å². The van der Waals surface area contributed by atoms with Crippen molar-refractivity contribution in [1.82, 2.24) is 24.6 Å². The van der Waals surface area contributed by atoms with E-state index in [9.17, 15) is 14.3 Å². The number of aromatic amines is 1. The summed E-state index contributed by atoms with van der Waals surface area (Å²) in [6, 6.07) is 3.36. The Morgan fingerprint density at radius 1 is 1.18 bits per heavy atom. The Balaban J connectivity index is 1.38. The maximum atomic E-state index is 14.0. The van der Waals surface area contributed by atoms with Gasteiger partial charge in [-0.1, -0.05) is 0 Å². The highest BCUT2D eigenvalue weighted by Crippen LogP contribution is 2.48. The largest absolute Gasteiger partial charge is 0.481 e. The van der Waals surface area contributed by atoms with Crippen molar-refractivity contribution in [3.8, 4) is 11.4 Å². The molecule has 8 rings (SSSR count). The maximum absolute atomic E-state index is 14.0. The molecule has 0 aliphatic heterocycles. The second kappa shape index (κ2) is 7.25. The number of anilines is 1. The number of fused-ring (bicyclic) bond motifs is 5. The monoisotopic (exact) mass is 460 g/mol. The van der Waals surface area contributed by atoms with Gasteiger partial charge in [-0.3, -0.25) is 4.79 Å². The van der Waals surface area contributed by atoms with Crippen LogP contribution < -0.4 is 5.32 Å². The van der Waals surface area contributed by atoms with E-state index in [1.807, 2.05) is 10.7 Å². The van der Waals surface area contributed by atoms with Crippen LogP contribution in [-0.4, -0.2) is 41.7 Å². The van der Waals surface area contributed by atoms with E-state index in [4.69, 9.17) is 10.1 Å². The SMILES string of the molecule is O=C(O)[C@@H]1C2CCC(CC2)[C@H]1Nc1nc(-c2c[nH]c3ncc(F)cc23)nn2ccc(C3CC3)c12. The highest BCUT2D eigenvalue weighted by molar-refractivity contribution is 5.92. The average molecular weight is 461 g/mol. The van der Waals surface area contributed by atoms with Gasteiger partial charge in [-0.15, -0.1) is 5.10 Å². The van der Waals surface area contributed by atoms with Crippen molar-refractivity contribution >= 4 is 28.3 Å². The summed E-state index contributed by atoms with van der Waals surface area (Å²) < 4.78 is 15.8. The molecule has 0 amide bonds. The van der Waals surface area contributed by atoms with Gasteiger partial charge in [0.25, 0.3) is 0 Å². The lowest BCUT2D eigenvalue weighted by Crippen LogP contribution is -2.51. The van der Waals surface area contributed by atoms with E-state index in [0.717, 1.165) is 44.0 Å². The van der Waals surface area contributed by atoms with Gasteiger partial charge in [-0.25, -0.2) is 18.9 Å². The van der Waals surface area contributed by atoms with E-state index < -0.39 is 17.7 Å². The molecular formula is C25H25FN6O2. The molecule has 174 valence electrons. The molecule has 4 aliphatic carbocycles.